The van der Waals surface area contributed by atoms with Crippen LogP contribution in [0.3, 0.4) is 0 Å². The lowest BCUT2D eigenvalue weighted by Gasteiger charge is -2.12. The molecule has 0 saturated heterocycles. The fourth-order valence-corrected chi connectivity index (χ4v) is 4.25. The van der Waals surface area contributed by atoms with Crippen LogP contribution in [-0.2, 0) is 6.42 Å². The molecule has 7 heteroatoms. The van der Waals surface area contributed by atoms with E-state index in [0.29, 0.717) is 17.0 Å². The summed E-state index contributed by atoms with van der Waals surface area (Å²) in [6, 6.07) is 11.9. The predicted octanol–water partition coefficient (Wildman–Crippen LogP) is 4.21. The van der Waals surface area contributed by atoms with Crippen LogP contribution in [0.4, 0.5) is 5.95 Å². The molecule has 138 valence electrons. The van der Waals surface area contributed by atoms with Crippen LogP contribution in [0.25, 0.3) is 16.7 Å². The molecule has 1 atom stereocenters. The first kappa shape index (κ1) is 17.5. The molecule has 0 bridgehead atoms. The summed E-state index contributed by atoms with van der Waals surface area (Å²) in [7, 11) is 0. The fraction of sp³-hybridized carbons (Fsp3) is 0.250. The molecule has 0 amide bonds. The maximum absolute atomic E-state index is 12.5. The Kier molecular flexibility index (Phi) is 4.53. The van der Waals surface area contributed by atoms with Gasteiger partial charge in [-0.05, 0) is 44.0 Å². The van der Waals surface area contributed by atoms with E-state index < -0.39 is 0 Å². The van der Waals surface area contributed by atoms with Gasteiger partial charge in [-0.3, -0.25) is 9.78 Å². The molecule has 1 aromatic carbocycles. The Bertz CT molecular complexity index is 1140. The minimum Gasteiger partial charge on any atom is -0.348 e. The molecule has 0 saturated carbocycles. The van der Waals surface area contributed by atoms with Gasteiger partial charge in [-0.25, -0.2) is 4.68 Å². The molecule has 27 heavy (non-hydrogen) atoms. The summed E-state index contributed by atoms with van der Waals surface area (Å²) in [5.74, 6) is 0.446. The van der Waals surface area contributed by atoms with Crippen LogP contribution in [0.2, 0.25) is 0 Å². The van der Waals surface area contributed by atoms with Crippen molar-refractivity contribution in [2.24, 2.45) is 0 Å². The van der Waals surface area contributed by atoms with Crippen molar-refractivity contribution < 1.29 is 0 Å². The molecule has 1 unspecified atom stereocenters. The SMILES string of the molecule is CCc1sc(C(C)Nc2nc3c(cnn3-c3ccccc3)c(=O)[nH]2)cc1C. The predicted molar refractivity (Wildman–Crippen MR) is 110 cm³/mol. The molecule has 0 radical (unpaired) electrons. The number of H-pyrrole nitrogens is 1. The van der Waals surface area contributed by atoms with Gasteiger partial charge in [0.25, 0.3) is 5.56 Å². The lowest BCUT2D eigenvalue weighted by molar-refractivity contribution is 0.866. The van der Waals surface area contributed by atoms with Crippen LogP contribution in [0.5, 0.6) is 0 Å². The second-order valence-electron chi connectivity index (χ2n) is 6.52. The summed E-state index contributed by atoms with van der Waals surface area (Å²) in [5, 5.41) is 8.14. The first-order chi connectivity index (χ1) is 13.1. The lowest BCUT2D eigenvalue weighted by Crippen LogP contribution is -2.15. The average molecular weight is 379 g/mol. The van der Waals surface area contributed by atoms with Crippen LogP contribution in [-0.4, -0.2) is 19.7 Å². The van der Waals surface area contributed by atoms with Crippen molar-refractivity contribution in [3.8, 4) is 5.69 Å². The summed E-state index contributed by atoms with van der Waals surface area (Å²) < 4.78 is 1.69. The third kappa shape index (κ3) is 3.26. The van der Waals surface area contributed by atoms with Crippen molar-refractivity contribution in [2.45, 2.75) is 33.2 Å². The highest BCUT2D eigenvalue weighted by atomic mass is 32.1. The van der Waals surface area contributed by atoms with Gasteiger partial charge in [0, 0.05) is 9.75 Å². The van der Waals surface area contributed by atoms with Gasteiger partial charge in [0.15, 0.2) is 5.65 Å². The van der Waals surface area contributed by atoms with Crippen LogP contribution in [0.15, 0.2) is 47.4 Å². The van der Waals surface area contributed by atoms with Gasteiger partial charge >= 0.3 is 0 Å². The van der Waals surface area contributed by atoms with Crippen molar-refractivity contribution in [2.75, 3.05) is 5.32 Å². The number of aromatic amines is 1. The zero-order chi connectivity index (χ0) is 19.0. The molecule has 4 aromatic rings. The molecule has 4 rings (SSSR count). The van der Waals surface area contributed by atoms with Crippen LogP contribution >= 0.6 is 11.3 Å². The molecule has 6 nitrogen and oxygen atoms in total. The summed E-state index contributed by atoms with van der Waals surface area (Å²) in [5.41, 5.74) is 2.51. The van der Waals surface area contributed by atoms with Crippen molar-refractivity contribution in [3.05, 3.63) is 68.3 Å². The average Bonchev–Trinajstić information content (AvgIpc) is 3.26. The largest absolute Gasteiger partial charge is 0.348 e. The van der Waals surface area contributed by atoms with E-state index in [0.717, 1.165) is 12.1 Å². The lowest BCUT2D eigenvalue weighted by atomic mass is 10.2. The number of benzene rings is 1. The molecule has 0 aliphatic carbocycles. The van der Waals surface area contributed by atoms with E-state index >= 15 is 0 Å². The normalized spacial score (nSPS) is 12.4. The molecule has 0 aliphatic rings. The number of nitrogens with zero attached hydrogens (tertiary/aromatic N) is 3. The maximum atomic E-state index is 12.5. The van der Waals surface area contributed by atoms with Crippen molar-refractivity contribution in [3.63, 3.8) is 0 Å². The fourth-order valence-electron chi connectivity index (χ4n) is 3.13. The van der Waals surface area contributed by atoms with E-state index in [2.05, 4.69) is 47.2 Å². The Hall–Kier alpha value is -2.93. The second kappa shape index (κ2) is 7.00. The van der Waals surface area contributed by atoms with Crippen LogP contribution in [0, 0.1) is 6.92 Å². The number of aryl methyl sites for hydroxylation is 2. The van der Waals surface area contributed by atoms with Crippen molar-refractivity contribution >= 4 is 28.3 Å². The van der Waals surface area contributed by atoms with Gasteiger partial charge in [0.05, 0.1) is 17.9 Å². The van der Waals surface area contributed by atoms with Crippen LogP contribution in [0.1, 0.15) is 35.2 Å². The number of aromatic nitrogens is 4. The zero-order valence-corrected chi connectivity index (χ0v) is 16.3. The molecule has 2 N–H and O–H groups in total. The van der Waals surface area contributed by atoms with Crippen molar-refractivity contribution in [1.29, 1.82) is 0 Å². The van der Waals surface area contributed by atoms with Gasteiger partial charge in [-0.1, -0.05) is 25.1 Å². The Morgan fingerprint density at radius 1 is 1.30 bits per heavy atom. The quantitative estimate of drug-likeness (QED) is 0.544. The van der Waals surface area contributed by atoms with E-state index in [1.165, 1.54) is 15.3 Å². The molecule has 3 heterocycles. The van der Waals surface area contributed by atoms with E-state index in [1.54, 1.807) is 22.2 Å². The third-order valence-electron chi connectivity index (χ3n) is 4.58. The highest BCUT2D eigenvalue weighted by Crippen LogP contribution is 2.29. The Morgan fingerprint density at radius 3 is 2.78 bits per heavy atom. The molecule has 0 spiro atoms. The molecule has 0 aliphatic heterocycles. The van der Waals surface area contributed by atoms with Gasteiger partial charge in [-0.2, -0.15) is 10.1 Å². The summed E-state index contributed by atoms with van der Waals surface area (Å²) in [6.07, 6.45) is 2.58. The highest BCUT2D eigenvalue weighted by Gasteiger charge is 2.15. The smallest absolute Gasteiger partial charge is 0.263 e. The van der Waals surface area contributed by atoms with Gasteiger partial charge in [0.1, 0.15) is 5.39 Å². The number of nitrogens with one attached hydrogen (secondary N) is 2. The molecule has 0 fully saturated rings. The van der Waals surface area contributed by atoms with Gasteiger partial charge in [0.2, 0.25) is 5.95 Å². The van der Waals surface area contributed by atoms with Crippen molar-refractivity contribution in [1.82, 2.24) is 19.7 Å². The Balaban J connectivity index is 1.71. The monoisotopic (exact) mass is 379 g/mol. The number of fused-ring (bicyclic) bond motifs is 1. The first-order valence-electron chi connectivity index (χ1n) is 8.96. The number of anilines is 1. The molecular formula is C20H21N5OS. The number of thiophene rings is 1. The minimum absolute atomic E-state index is 0.0442. The highest BCUT2D eigenvalue weighted by molar-refractivity contribution is 7.12. The number of para-hydroxylation sites is 1. The summed E-state index contributed by atoms with van der Waals surface area (Å²) in [4.78, 5) is 22.5. The molecular weight excluding hydrogens is 358 g/mol. The third-order valence-corrected chi connectivity index (χ3v) is 6.14. The van der Waals surface area contributed by atoms with E-state index in [1.807, 2.05) is 30.3 Å². The van der Waals surface area contributed by atoms with Crippen LogP contribution < -0.4 is 10.9 Å². The topological polar surface area (TPSA) is 75.6 Å². The standard InChI is InChI=1S/C20H21N5OS/c1-4-16-12(2)10-17(27-16)13(3)22-20-23-18-15(19(26)24-20)11-21-25(18)14-8-6-5-7-9-14/h5-11,13H,4H2,1-3H3,(H2,22,23,24,26). The van der Waals surface area contributed by atoms with Gasteiger partial charge in [-0.15, -0.1) is 11.3 Å². The number of hydrogen-bond acceptors (Lipinski definition) is 5. The second-order valence-corrected chi connectivity index (χ2v) is 7.69. The first-order valence-corrected chi connectivity index (χ1v) is 9.77. The minimum atomic E-state index is -0.200. The van der Waals surface area contributed by atoms with E-state index in [9.17, 15) is 4.79 Å². The summed E-state index contributed by atoms with van der Waals surface area (Å²) >= 11 is 1.80. The summed E-state index contributed by atoms with van der Waals surface area (Å²) in [6.45, 7) is 6.37. The Labute approximate surface area is 160 Å². The van der Waals surface area contributed by atoms with E-state index in [-0.39, 0.29) is 11.6 Å². The number of hydrogen-bond donors (Lipinski definition) is 2. The maximum Gasteiger partial charge on any atom is 0.263 e. The Morgan fingerprint density at radius 2 is 2.07 bits per heavy atom. The molecule has 3 aromatic heterocycles. The van der Waals surface area contributed by atoms with E-state index in [4.69, 9.17) is 0 Å². The number of rotatable bonds is 5. The van der Waals surface area contributed by atoms with Gasteiger partial charge < -0.3 is 5.32 Å². The zero-order valence-electron chi connectivity index (χ0n) is 15.5.